The fraction of sp³-hybridized carbons (Fsp3) is 0.360. The van der Waals surface area contributed by atoms with Crippen LogP contribution in [-0.2, 0) is 0 Å². The number of fused-ring (bicyclic) bond motifs is 1. The molecule has 0 unspecified atom stereocenters. The molecule has 4 rings (SSSR count). The van der Waals surface area contributed by atoms with Gasteiger partial charge in [-0.1, -0.05) is 37.8 Å². The normalized spacial score (nSPS) is 14.2. The van der Waals surface area contributed by atoms with Crippen molar-refractivity contribution in [1.82, 2.24) is 4.98 Å². The van der Waals surface area contributed by atoms with Gasteiger partial charge in [0.25, 0.3) is 0 Å². The Bertz CT molecular complexity index is 1260. The summed E-state index contributed by atoms with van der Waals surface area (Å²) in [5, 5.41) is 10.4. The van der Waals surface area contributed by atoms with Gasteiger partial charge in [-0.25, -0.2) is 0 Å². The van der Waals surface area contributed by atoms with Crippen LogP contribution in [0.2, 0.25) is 0 Å². The molecule has 0 spiro atoms. The van der Waals surface area contributed by atoms with Gasteiger partial charge in [0.1, 0.15) is 17.4 Å². The first-order valence-electron chi connectivity index (χ1n) is 10.4. The van der Waals surface area contributed by atoms with E-state index in [9.17, 15) is 14.9 Å². The number of aromatic nitrogens is 1. The maximum absolute atomic E-state index is 13.4. The van der Waals surface area contributed by atoms with E-state index in [1.165, 1.54) is 6.07 Å². The van der Waals surface area contributed by atoms with Gasteiger partial charge >= 0.3 is 0 Å². The average molecular weight is 400 g/mol. The molecule has 0 saturated heterocycles. The summed E-state index contributed by atoms with van der Waals surface area (Å²) >= 11 is 0. The Morgan fingerprint density at radius 2 is 1.93 bits per heavy atom. The molecule has 0 bridgehead atoms. The van der Waals surface area contributed by atoms with Crippen LogP contribution in [0.1, 0.15) is 65.2 Å². The van der Waals surface area contributed by atoms with Crippen LogP contribution in [-0.4, -0.2) is 10.8 Å². The smallest absolute Gasteiger partial charge is 0.192 e. The number of carbonyl (C=O) groups excluding carboxylic acids is 1. The van der Waals surface area contributed by atoms with Crippen molar-refractivity contribution in [3.8, 4) is 17.2 Å². The van der Waals surface area contributed by atoms with Crippen molar-refractivity contribution >= 4 is 16.8 Å². The van der Waals surface area contributed by atoms with Crippen LogP contribution in [0.4, 0.5) is 0 Å². The highest BCUT2D eigenvalue weighted by Crippen LogP contribution is 2.37. The topological polar surface area (TPSA) is 84.0 Å². The van der Waals surface area contributed by atoms with Crippen molar-refractivity contribution in [1.29, 1.82) is 5.26 Å². The first kappa shape index (κ1) is 20.0. The van der Waals surface area contributed by atoms with Gasteiger partial charge in [0.2, 0.25) is 0 Å². The molecular formula is C25H24N2O3. The lowest BCUT2D eigenvalue weighted by Crippen LogP contribution is -2.13. The van der Waals surface area contributed by atoms with Crippen molar-refractivity contribution in [3.63, 3.8) is 0 Å². The van der Waals surface area contributed by atoms with Gasteiger partial charge in [-0.15, -0.1) is 0 Å². The summed E-state index contributed by atoms with van der Waals surface area (Å²) < 4.78 is 5.93. The molecule has 0 aliphatic heterocycles. The van der Waals surface area contributed by atoms with Crippen LogP contribution in [0, 0.1) is 38.0 Å². The summed E-state index contributed by atoms with van der Waals surface area (Å²) in [6, 6.07) is 8.97. The predicted octanol–water partition coefficient (Wildman–Crippen LogP) is 5.41. The standard InChI is InChI=1S/C25H24N2O3/c1-14-11-21(28)18-9-6-10-19(25(18)30-14)24-20(13-26)15(2)27-16(3)23(24)22(29)12-17-7-4-5-8-17/h6,9-11,17H,4-5,7-8,12H2,1-3H3. The molecule has 152 valence electrons. The number of ketones is 1. The largest absolute Gasteiger partial charge is 0.460 e. The van der Waals surface area contributed by atoms with E-state index >= 15 is 0 Å². The molecule has 1 saturated carbocycles. The number of hydrogen-bond acceptors (Lipinski definition) is 5. The molecule has 1 aliphatic carbocycles. The number of pyridine rings is 1. The molecule has 1 aliphatic rings. The molecule has 5 heteroatoms. The lowest BCUT2D eigenvalue weighted by Gasteiger charge is -2.17. The molecule has 2 aromatic heterocycles. The number of hydrogen-bond donors (Lipinski definition) is 0. The molecule has 3 aromatic rings. The second kappa shape index (κ2) is 7.87. The lowest BCUT2D eigenvalue weighted by atomic mass is 9.87. The van der Waals surface area contributed by atoms with E-state index in [0.717, 1.165) is 25.7 Å². The van der Waals surface area contributed by atoms with E-state index in [0.29, 0.717) is 62.7 Å². The molecule has 5 nitrogen and oxygen atoms in total. The highest BCUT2D eigenvalue weighted by molar-refractivity contribution is 6.07. The van der Waals surface area contributed by atoms with E-state index in [1.807, 2.05) is 13.0 Å². The third-order valence-electron chi connectivity index (χ3n) is 6.05. The molecule has 0 amide bonds. The van der Waals surface area contributed by atoms with E-state index < -0.39 is 0 Å². The number of nitriles is 1. The molecular weight excluding hydrogens is 376 g/mol. The maximum atomic E-state index is 13.4. The number of para-hydroxylation sites is 1. The average Bonchev–Trinajstić information content (AvgIpc) is 3.20. The van der Waals surface area contributed by atoms with E-state index in [-0.39, 0.29) is 11.2 Å². The molecule has 0 N–H and O–H groups in total. The number of rotatable bonds is 4. The first-order valence-corrected chi connectivity index (χ1v) is 10.4. The Hall–Kier alpha value is -3.26. The summed E-state index contributed by atoms with van der Waals surface area (Å²) in [6.07, 6.45) is 4.90. The minimum absolute atomic E-state index is 0.00500. The minimum atomic E-state index is -0.143. The first-order chi connectivity index (χ1) is 14.4. The fourth-order valence-corrected chi connectivity index (χ4v) is 4.67. The van der Waals surface area contributed by atoms with E-state index in [2.05, 4.69) is 11.1 Å². The highest BCUT2D eigenvalue weighted by Gasteiger charge is 2.27. The number of nitrogens with zero attached hydrogens (tertiary/aromatic N) is 2. The van der Waals surface area contributed by atoms with Gasteiger partial charge in [-0.2, -0.15) is 5.26 Å². The van der Waals surface area contributed by atoms with Crippen LogP contribution in [0.25, 0.3) is 22.1 Å². The van der Waals surface area contributed by atoms with Crippen LogP contribution in [0.3, 0.4) is 0 Å². The SMILES string of the molecule is Cc1cc(=O)c2cccc(-c3c(C#N)c(C)nc(C)c3C(=O)CC3CCCC3)c2o1. The lowest BCUT2D eigenvalue weighted by molar-refractivity contribution is 0.0961. The Labute approximate surface area is 175 Å². The molecule has 2 heterocycles. The monoisotopic (exact) mass is 400 g/mol. The fourth-order valence-electron chi connectivity index (χ4n) is 4.67. The number of Topliss-reactive ketones (excluding diaryl/α,β-unsaturated/α-hetero) is 1. The van der Waals surface area contributed by atoms with Crippen molar-refractivity contribution < 1.29 is 9.21 Å². The molecule has 0 atom stereocenters. The summed E-state index contributed by atoms with van der Waals surface area (Å²) in [6.45, 7) is 5.30. The second-order valence-corrected chi connectivity index (χ2v) is 8.20. The van der Waals surface area contributed by atoms with Crippen molar-refractivity contribution in [2.24, 2.45) is 5.92 Å². The number of carbonyl (C=O) groups is 1. The zero-order valence-corrected chi connectivity index (χ0v) is 17.5. The maximum Gasteiger partial charge on any atom is 0.192 e. The Kier molecular flexibility index (Phi) is 5.26. The third-order valence-corrected chi connectivity index (χ3v) is 6.05. The molecule has 30 heavy (non-hydrogen) atoms. The van der Waals surface area contributed by atoms with E-state index in [1.54, 1.807) is 26.0 Å². The van der Waals surface area contributed by atoms with Gasteiger partial charge in [0.15, 0.2) is 11.2 Å². The quantitative estimate of drug-likeness (QED) is 0.546. The van der Waals surface area contributed by atoms with Gasteiger partial charge in [-0.05, 0) is 32.8 Å². The van der Waals surface area contributed by atoms with Crippen molar-refractivity contribution in [3.05, 3.63) is 62.8 Å². The summed E-state index contributed by atoms with van der Waals surface area (Å²) in [5.41, 5.74) is 3.38. The van der Waals surface area contributed by atoms with Crippen molar-refractivity contribution in [2.75, 3.05) is 0 Å². The Morgan fingerprint density at radius 1 is 1.20 bits per heavy atom. The van der Waals surface area contributed by atoms with Gasteiger partial charge in [-0.3, -0.25) is 14.6 Å². The summed E-state index contributed by atoms with van der Waals surface area (Å²) in [4.78, 5) is 30.4. The molecule has 1 fully saturated rings. The number of benzene rings is 1. The van der Waals surface area contributed by atoms with Crippen molar-refractivity contribution in [2.45, 2.75) is 52.9 Å². The van der Waals surface area contributed by atoms with Gasteiger partial charge in [0, 0.05) is 34.9 Å². The number of aryl methyl sites for hydroxylation is 3. The van der Waals surface area contributed by atoms with Gasteiger partial charge < -0.3 is 4.42 Å². The predicted molar refractivity (Wildman–Crippen MR) is 116 cm³/mol. The van der Waals surface area contributed by atoms with Gasteiger partial charge in [0.05, 0.1) is 16.6 Å². The molecule has 0 radical (unpaired) electrons. The Morgan fingerprint density at radius 3 is 2.63 bits per heavy atom. The second-order valence-electron chi connectivity index (χ2n) is 8.20. The summed E-state index contributed by atoms with van der Waals surface area (Å²) in [5.74, 6) is 0.870. The zero-order valence-electron chi connectivity index (χ0n) is 17.5. The van der Waals surface area contributed by atoms with Crippen LogP contribution in [0.5, 0.6) is 0 Å². The van der Waals surface area contributed by atoms with Crippen LogP contribution in [0.15, 0.2) is 33.5 Å². The van der Waals surface area contributed by atoms with Crippen LogP contribution >= 0.6 is 0 Å². The zero-order chi connectivity index (χ0) is 21.4. The van der Waals surface area contributed by atoms with Crippen LogP contribution < -0.4 is 5.43 Å². The minimum Gasteiger partial charge on any atom is -0.460 e. The molecule has 1 aromatic carbocycles. The Balaban J connectivity index is 2.02. The highest BCUT2D eigenvalue weighted by atomic mass is 16.3. The summed E-state index contributed by atoms with van der Waals surface area (Å²) in [7, 11) is 0. The van der Waals surface area contributed by atoms with E-state index in [4.69, 9.17) is 4.42 Å². The third kappa shape index (κ3) is 3.43.